The topological polar surface area (TPSA) is 24.5 Å². The summed E-state index contributed by atoms with van der Waals surface area (Å²) in [5, 5.41) is 3.56. The van der Waals surface area contributed by atoms with Gasteiger partial charge in [-0.15, -0.1) is 0 Å². The zero-order valence-corrected chi connectivity index (χ0v) is 13.1. The van der Waals surface area contributed by atoms with Crippen LogP contribution in [-0.2, 0) is 4.74 Å². The molecule has 3 atom stereocenters. The predicted octanol–water partition coefficient (Wildman–Crippen LogP) is 2.37. The summed E-state index contributed by atoms with van der Waals surface area (Å²) in [6.07, 6.45) is 3.91. The molecule has 3 nitrogen and oxygen atoms in total. The van der Waals surface area contributed by atoms with Crippen molar-refractivity contribution in [3.63, 3.8) is 0 Å². The molecule has 2 rings (SSSR count). The molecule has 0 radical (unpaired) electrons. The van der Waals surface area contributed by atoms with Crippen LogP contribution in [0.2, 0.25) is 0 Å². The SMILES string of the molecule is CCNCC1(CN2CCC(C)C(C)C2)CCCOC1. The molecule has 2 aliphatic heterocycles. The maximum atomic E-state index is 5.81. The fourth-order valence-electron chi connectivity index (χ4n) is 3.59. The normalized spacial score (nSPS) is 37.4. The third kappa shape index (κ3) is 4.17. The Balaban J connectivity index is 1.91. The first-order valence-corrected chi connectivity index (χ1v) is 8.16. The minimum Gasteiger partial charge on any atom is -0.381 e. The Labute approximate surface area is 119 Å². The molecule has 2 saturated heterocycles. The van der Waals surface area contributed by atoms with E-state index in [4.69, 9.17) is 4.74 Å². The van der Waals surface area contributed by atoms with E-state index in [0.717, 1.165) is 38.1 Å². The van der Waals surface area contributed by atoms with Crippen molar-refractivity contribution in [1.29, 1.82) is 0 Å². The quantitative estimate of drug-likeness (QED) is 0.828. The predicted molar refractivity (Wildman–Crippen MR) is 80.4 cm³/mol. The van der Waals surface area contributed by atoms with Gasteiger partial charge in [0.25, 0.3) is 0 Å². The van der Waals surface area contributed by atoms with E-state index in [1.807, 2.05) is 0 Å². The lowest BCUT2D eigenvalue weighted by Crippen LogP contribution is -2.51. The second-order valence-corrected chi connectivity index (χ2v) is 6.91. The summed E-state index contributed by atoms with van der Waals surface area (Å²) in [6, 6.07) is 0. The van der Waals surface area contributed by atoms with Gasteiger partial charge in [0.15, 0.2) is 0 Å². The number of hydrogen-bond acceptors (Lipinski definition) is 3. The Morgan fingerprint density at radius 1 is 1.32 bits per heavy atom. The Hall–Kier alpha value is -0.120. The van der Waals surface area contributed by atoms with E-state index in [1.54, 1.807) is 0 Å². The number of piperidine rings is 1. The minimum atomic E-state index is 0.356. The molecule has 0 aliphatic carbocycles. The highest BCUT2D eigenvalue weighted by molar-refractivity contribution is 4.89. The summed E-state index contributed by atoms with van der Waals surface area (Å²) in [5.41, 5.74) is 0.356. The second-order valence-electron chi connectivity index (χ2n) is 6.91. The van der Waals surface area contributed by atoms with Crippen molar-refractivity contribution in [2.45, 2.75) is 40.0 Å². The van der Waals surface area contributed by atoms with Crippen molar-refractivity contribution in [3.8, 4) is 0 Å². The van der Waals surface area contributed by atoms with Gasteiger partial charge in [-0.25, -0.2) is 0 Å². The van der Waals surface area contributed by atoms with Gasteiger partial charge in [-0.3, -0.25) is 0 Å². The molecule has 0 aromatic carbocycles. The first-order valence-electron chi connectivity index (χ1n) is 8.16. The van der Waals surface area contributed by atoms with Crippen molar-refractivity contribution in [1.82, 2.24) is 10.2 Å². The number of hydrogen-bond donors (Lipinski definition) is 1. The van der Waals surface area contributed by atoms with Crippen LogP contribution >= 0.6 is 0 Å². The summed E-state index contributed by atoms with van der Waals surface area (Å²) in [5.74, 6) is 1.73. The smallest absolute Gasteiger partial charge is 0.0546 e. The third-order valence-corrected chi connectivity index (χ3v) is 5.13. The van der Waals surface area contributed by atoms with Gasteiger partial charge >= 0.3 is 0 Å². The first kappa shape index (κ1) is 15.3. The molecular weight excluding hydrogens is 236 g/mol. The summed E-state index contributed by atoms with van der Waals surface area (Å²) in [7, 11) is 0. The molecule has 0 saturated carbocycles. The van der Waals surface area contributed by atoms with Gasteiger partial charge < -0.3 is 15.0 Å². The largest absolute Gasteiger partial charge is 0.381 e. The molecule has 3 unspecified atom stereocenters. The zero-order valence-electron chi connectivity index (χ0n) is 13.1. The average molecular weight is 268 g/mol. The van der Waals surface area contributed by atoms with Crippen LogP contribution in [0.15, 0.2) is 0 Å². The summed E-state index contributed by atoms with van der Waals surface area (Å²) >= 11 is 0. The molecule has 112 valence electrons. The van der Waals surface area contributed by atoms with E-state index >= 15 is 0 Å². The van der Waals surface area contributed by atoms with Gasteiger partial charge in [0.05, 0.1) is 6.61 Å². The van der Waals surface area contributed by atoms with E-state index in [-0.39, 0.29) is 0 Å². The van der Waals surface area contributed by atoms with Crippen LogP contribution in [0, 0.1) is 17.3 Å². The lowest BCUT2D eigenvalue weighted by atomic mass is 9.80. The van der Waals surface area contributed by atoms with Crippen molar-refractivity contribution in [3.05, 3.63) is 0 Å². The molecule has 0 amide bonds. The van der Waals surface area contributed by atoms with Crippen LogP contribution in [0.3, 0.4) is 0 Å². The Bertz CT molecular complexity index is 263. The number of nitrogens with one attached hydrogen (secondary N) is 1. The van der Waals surface area contributed by atoms with Gasteiger partial charge in [-0.1, -0.05) is 20.8 Å². The van der Waals surface area contributed by atoms with Gasteiger partial charge in [0.1, 0.15) is 0 Å². The third-order valence-electron chi connectivity index (χ3n) is 5.13. The standard InChI is InChI=1S/C16H32N2O/c1-4-17-11-16(7-5-9-19-13-16)12-18-8-6-14(2)15(3)10-18/h14-15,17H,4-13H2,1-3H3. The minimum absolute atomic E-state index is 0.356. The lowest BCUT2D eigenvalue weighted by molar-refractivity contribution is -0.0342. The Kier molecular flexibility index (Phi) is 5.67. The maximum absolute atomic E-state index is 5.81. The number of ether oxygens (including phenoxy) is 1. The molecule has 19 heavy (non-hydrogen) atoms. The molecule has 2 aliphatic rings. The van der Waals surface area contributed by atoms with Crippen molar-refractivity contribution in [2.24, 2.45) is 17.3 Å². The number of nitrogens with zero attached hydrogens (tertiary/aromatic N) is 1. The molecule has 0 bridgehead atoms. The van der Waals surface area contributed by atoms with Crippen LogP contribution in [0.1, 0.15) is 40.0 Å². The second kappa shape index (κ2) is 7.05. The van der Waals surface area contributed by atoms with Crippen molar-refractivity contribution < 1.29 is 4.74 Å². The molecular formula is C16H32N2O. The van der Waals surface area contributed by atoms with E-state index in [2.05, 4.69) is 31.0 Å². The van der Waals surface area contributed by atoms with Crippen LogP contribution < -0.4 is 5.32 Å². The number of likely N-dealkylation sites (tertiary alicyclic amines) is 1. The first-order chi connectivity index (χ1) is 9.15. The lowest BCUT2D eigenvalue weighted by Gasteiger charge is -2.44. The van der Waals surface area contributed by atoms with E-state index in [9.17, 15) is 0 Å². The van der Waals surface area contributed by atoms with Crippen LogP contribution in [0.4, 0.5) is 0 Å². The zero-order chi connectivity index (χ0) is 13.7. The van der Waals surface area contributed by atoms with Crippen LogP contribution in [0.25, 0.3) is 0 Å². The van der Waals surface area contributed by atoms with E-state index in [1.165, 1.54) is 38.9 Å². The molecule has 0 spiro atoms. The monoisotopic (exact) mass is 268 g/mol. The number of rotatable bonds is 5. The van der Waals surface area contributed by atoms with Crippen molar-refractivity contribution >= 4 is 0 Å². The van der Waals surface area contributed by atoms with Gasteiger partial charge in [0.2, 0.25) is 0 Å². The van der Waals surface area contributed by atoms with Gasteiger partial charge in [-0.05, 0) is 44.2 Å². The van der Waals surface area contributed by atoms with E-state index in [0.29, 0.717) is 5.41 Å². The summed E-state index contributed by atoms with van der Waals surface area (Å²) < 4.78 is 5.81. The molecule has 0 aromatic rings. The van der Waals surface area contributed by atoms with Crippen LogP contribution in [-0.4, -0.2) is 50.8 Å². The summed E-state index contributed by atoms with van der Waals surface area (Å²) in [6.45, 7) is 14.9. The Morgan fingerprint density at radius 2 is 2.16 bits per heavy atom. The van der Waals surface area contributed by atoms with Gasteiger partial charge in [0, 0.05) is 31.7 Å². The highest BCUT2D eigenvalue weighted by Gasteiger charge is 2.36. The Morgan fingerprint density at radius 3 is 2.79 bits per heavy atom. The fraction of sp³-hybridized carbons (Fsp3) is 1.00. The highest BCUT2D eigenvalue weighted by Crippen LogP contribution is 2.32. The van der Waals surface area contributed by atoms with Gasteiger partial charge in [-0.2, -0.15) is 0 Å². The molecule has 1 N–H and O–H groups in total. The highest BCUT2D eigenvalue weighted by atomic mass is 16.5. The van der Waals surface area contributed by atoms with E-state index < -0.39 is 0 Å². The molecule has 2 fully saturated rings. The fourth-order valence-corrected chi connectivity index (χ4v) is 3.59. The average Bonchev–Trinajstić information content (AvgIpc) is 2.42. The van der Waals surface area contributed by atoms with Crippen LogP contribution in [0.5, 0.6) is 0 Å². The molecule has 2 heterocycles. The molecule has 3 heteroatoms. The molecule has 0 aromatic heterocycles. The summed E-state index contributed by atoms with van der Waals surface area (Å²) in [4.78, 5) is 2.69. The van der Waals surface area contributed by atoms with Crippen molar-refractivity contribution in [2.75, 3.05) is 45.9 Å². The maximum Gasteiger partial charge on any atom is 0.0546 e.